The van der Waals surface area contributed by atoms with E-state index in [0.717, 1.165) is 6.42 Å². The number of hydrogen-bond donors (Lipinski definition) is 2. The van der Waals surface area contributed by atoms with E-state index in [4.69, 9.17) is 5.73 Å². The highest BCUT2D eigenvalue weighted by Gasteiger charge is 2.20. The molecule has 0 heterocycles. The van der Waals surface area contributed by atoms with Crippen LogP contribution in [0.25, 0.3) is 0 Å². The number of carbonyl (C=O) groups excluding carboxylic acids is 2. The Labute approximate surface area is 123 Å². The van der Waals surface area contributed by atoms with Crippen LogP contribution in [-0.4, -0.2) is 42.4 Å². The molecule has 0 aromatic rings. The van der Waals surface area contributed by atoms with Gasteiger partial charge in [-0.2, -0.15) is 0 Å². The van der Waals surface area contributed by atoms with Gasteiger partial charge in [0.1, 0.15) is 0 Å². The van der Waals surface area contributed by atoms with Gasteiger partial charge < -0.3 is 16.0 Å². The lowest BCUT2D eigenvalue weighted by atomic mass is 9.94. The van der Waals surface area contributed by atoms with E-state index in [1.807, 2.05) is 20.8 Å². The SMILES string of the molecule is CCN(CC(=O)NC(C)C)C(=O)C[C@@H](CN)CC(C)C. The lowest BCUT2D eigenvalue weighted by Crippen LogP contribution is -2.43. The largest absolute Gasteiger partial charge is 0.352 e. The van der Waals surface area contributed by atoms with E-state index in [2.05, 4.69) is 19.2 Å². The Morgan fingerprint density at radius 1 is 1.20 bits per heavy atom. The zero-order valence-electron chi connectivity index (χ0n) is 13.6. The summed E-state index contributed by atoms with van der Waals surface area (Å²) in [5.74, 6) is 0.631. The number of carbonyl (C=O) groups is 2. The van der Waals surface area contributed by atoms with Crippen molar-refractivity contribution in [2.24, 2.45) is 17.6 Å². The Morgan fingerprint density at radius 2 is 1.80 bits per heavy atom. The maximum atomic E-state index is 12.2. The second-order valence-corrected chi connectivity index (χ2v) is 6.07. The maximum Gasteiger partial charge on any atom is 0.239 e. The molecular formula is C15H31N3O2. The van der Waals surface area contributed by atoms with Gasteiger partial charge in [-0.3, -0.25) is 9.59 Å². The Kier molecular flexibility index (Phi) is 9.21. The number of amides is 2. The Balaban J connectivity index is 4.42. The summed E-state index contributed by atoms with van der Waals surface area (Å²) in [6, 6.07) is 0.0917. The quantitative estimate of drug-likeness (QED) is 0.672. The average Bonchev–Trinajstić information content (AvgIpc) is 2.33. The van der Waals surface area contributed by atoms with Crippen molar-refractivity contribution in [2.75, 3.05) is 19.6 Å². The molecule has 0 aliphatic rings. The molecule has 5 nitrogen and oxygen atoms in total. The van der Waals surface area contributed by atoms with E-state index >= 15 is 0 Å². The molecule has 118 valence electrons. The van der Waals surface area contributed by atoms with Crippen LogP contribution >= 0.6 is 0 Å². The highest BCUT2D eigenvalue weighted by Crippen LogP contribution is 2.15. The Hall–Kier alpha value is -1.10. The van der Waals surface area contributed by atoms with Gasteiger partial charge >= 0.3 is 0 Å². The van der Waals surface area contributed by atoms with Crippen LogP contribution < -0.4 is 11.1 Å². The number of rotatable bonds is 9. The molecule has 0 aromatic heterocycles. The van der Waals surface area contributed by atoms with Crippen molar-refractivity contribution < 1.29 is 9.59 Å². The molecule has 1 atom stereocenters. The van der Waals surface area contributed by atoms with E-state index in [9.17, 15) is 9.59 Å². The Morgan fingerprint density at radius 3 is 2.20 bits per heavy atom. The molecule has 0 fully saturated rings. The molecule has 2 amide bonds. The molecule has 0 rings (SSSR count). The van der Waals surface area contributed by atoms with Crippen LogP contribution in [-0.2, 0) is 9.59 Å². The number of likely N-dealkylation sites (N-methyl/N-ethyl adjacent to an activating group) is 1. The normalized spacial score (nSPS) is 12.6. The summed E-state index contributed by atoms with van der Waals surface area (Å²) < 4.78 is 0. The summed E-state index contributed by atoms with van der Waals surface area (Å²) in [6.07, 6.45) is 1.37. The monoisotopic (exact) mass is 285 g/mol. The van der Waals surface area contributed by atoms with Crippen molar-refractivity contribution in [3.8, 4) is 0 Å². The first-order valence-electron chi connectivity index (χ1n) is 7.57. The van der Waals surface area contributed by atoms with Crippen LogP contribution in [0.1, 0.15) is 47.5 Å². The molecule has 0 saturated carbocycles. The third-order valence-corrected chi connectivity index (χ3v) is 3.12. The summed E-state index contributed by atoms with van der Waals surface area (Å²) in [5, 5.41) is 2.80. The molecule has 0 spiro atoms. The maximum absolute atomic E-state index is 12.2. The first-order chi connectivity index (χ1) is 9.29. The number of nitrogens with one attached hydrogen (secondary N) is 1. The molecule has 3 N–H and O–H groups in total. The van der Waals surface area contributed by atoms with Crippen molar-refractivity contribution in [3.05, 3.63) is 0 Å². The zero-order chi connectivity index (χ0) is 15.7. The van der Waals surface area contributed by atoms with Crippen LogP contribution in [0.4, 0.5) is 0 Å². The van der Waals surface area contributed by atoms with E-state index in [0.29, 0.717) is 25.4 Å². The third-order valence-electron chi connectivity index (χ3n) is 3.12. The summed E-state index contributed by atoms with van der Waals surface area (Å²) >= 11 is 0. The minimum Gasteiger partial charge on any atom is -0.352 e. The zero-order valence-corrected chi connectivity index (χ0v) is 13.6. The van der Waals surface area contributed by atoms with Gasteiger partial charge in [0, 0.05) is 19.0 Å². The fourth-order valence-electron chi connectivity index (χ4n) is 2.22. The first kappa shape index (κ1) is 18.9. The van der Waals surface area contributed by atoms with Gasteiger partial charge in [0.05, 0.1) is 6.54 Å². The van der Waals surface area contributed by atoms with E-state index in [1.54, 1.807) is 4.90 Å². The first-order valence-corrected chi connectivity index (χ1v) is 7.57. The van der Waals surface area contributed by atoms with Crippen molar-refractivity contribution in [1.82, 2.24) is 10.2 Å². The van der Waals surface area contributed by atoms with Crippen molar-refractivity contribution in [1.29, 1.82) is 0 Å². The molecular weight excluding hydrogens is 254 g/mol. The van der Waals surface area contributed by atoms with Gasteiger partial charge in [0.15, 0.2) is 0 Å². The second kappa shape index (κ2) is 9.75. The molecule has 5 heteroatoms. The second-order valence-electron chi connectivity index (χ2n) is 6.07. The van der Waals surface area contributed by atoms with Gasteiger partial charge in [-0.1, -0.05) is 13.8 Å². The lowest BCUT2D eigenvalue weighted by molar-refractivity contribution is -0.136. The van der Waals surface area contributed by atoms with Gasteiger partial charge in [-0.25, -0.2) is 0 Å². The minimum atomic E-state index is -0.108. The molecule has 0 aromatic carbocycles. The van der Waals surface area contributed by atoms with Gasteiger partial charge in [0.25, 0.3) is 0 Å². The average molecular weight is 285 g/mol. The molecule has 20 heavy (non-hydrogen) atoms. The van der Waals surface area contributed by atoms with Crippen LogP contribution in [0.5, 0.6) is 0 Å². The van der Waals surface area contributed by atoms with E-state index < -0.39 is 0 Å². The molecule has 0 aliphatic carbocycles. The highest BCUT2D eigenvalue weighted by molar-refractivity contribution is 5.85. The van der Waals surface area contributed by atoms with Gasteiger partial charge in [0.2, 0.25) is 11.8 Å². The predicted octanol–water partition coefficient (Wildman–Crippen LogP) is 1.37. The molecule has 0 bridgehead atoms. The van der Waals surface area contributed by atoms with Gasteiger partial charge in [-0.05, 0) is 45.6 Å². The van der Waals surface area contributed by atoms with Crippen LogP contribution in [0.15, 0.2) is 0 Å². The summed E-state index contributed by atoms with van der Waals surface area (Å²) in [5.41, 5.74) is 5.73. The molecule has 0 saturated heterocycles. The molecule has 0 unspecified atom stereocenters. The highest BCUT2D eigenvalue weighted by atomic mass is 16.2. The standard InChI is InChI=1S/C15H31N3O2/c1-6-18(10-14(19)17-12(4)5)15(20)8-13(9-16)7-11(2)3/h11-13H,6-10,16H2,1-5H3,(H,17,19)/t13-/m0/s1. The van der Waals surface area contributed by atoms with E-state index in [-0.39, 0.29) is 30.3 Å². The van der Waals surface area contributed by atoms with Crippen molar-refractivity contribution >= 4 is 11.8 Å². The number of nitrogens with zero attached hydrogens (tertiary/aromatic N) is 1. The third kappa shape index (κ3) is 8.15. The number of nitrogens with two attached hydrogens (primary N) is 1. The fraction of sp³-hybridized carbons (Fsp3) is 0.867. The van der Waals surface area contributed by atoms with Gasteiger partial charge in [-0.15, -0.1) is 0 Å². The van der Waals surface area contributed by atoms with Crippen LogP contribution in [0.2, 0.25) is 0 Å². The molecule has 0 aliphatic heterocycles. The van der Waals surface area contributed by atoms with E-state index in [1.165, 1.54) is 0 Å². The smallest absolute Gasteiger partial charge is 0.239 e. The van der Waals surface area contributed by atoms with Crippen LogP contribution in [0.3, 0.4) is 0 Å². The summed E-state index contributed by atoms with van der Waals surface area (Å²) in [4.78, 5) is 25.6. The van der Waals surface area contributed by atoms with Crippen LogP contribution in [0, 0.1) is 11.8 Å². The predicted molar refractivity (Wildman–Crippen MR) is 82.1 cm³/mol. The van der Waals surface area contributed by atoms with Crippen molar-refractivity contribution in [3.63, 3.8) is 0 Å². The minimum absolute atomic E-state index is 0.0162. The van der Waals surface area contributed by atoms with Crippen molar-refractivity contribution in [2.45, 2.75) is 53.5 Å². The number of hydrogen-bond acceptors (Lipinski definition) is 3. The molecule has 0 radical (unpaired) electrons. The Bertz CT molecular complexity index is 303. The fourth-order valence-corrected chi connectivity index (χ4v) is 2.22. The lowest BCUT2D eigenvalue weighted by Gasteiger charge is -2.24. The summed E-state index contributed by atoms with van der Waals surface area (Å²) in [6.45, 7) is 11.1. The topological polar surface area (TPSA) is 75.4 Å². The summed E-state index contributed by atoms with van der Waals surface area (Å²) in [7, 11) is 0.